The summed E-state index contributed by atoms with van der Waals surface area (Å²) in [6.07, 6.45) is 0. The molecule has 1 unspecified atom stereocenters. The molecule has 0 amide bonds. The second kappa shape index (κ2) is 6.98. The van der Waals surface area contributed by atoms with Crippen LogP contribution in [-0.2, 0) is 6.54 Å². The Labute approximate surface area is 119 Å². The van der Waals surface area contributed by atoms with Crippen molar-refractivity contribution in [3.8, 4) is 0 Å². The van der Waals surface area contributed by atoms with Crippen molar-refractivity contribution in [3.63, 3.8) is 0 Å². The summed E-state index contributed by atoms with van der Waals surface area (Å²) >= 11 is 6.31. The molecule has 0 aliphatic carbocycles. The Kier molecular flexibility index (Phi) is 5.29. The highest BCUT2D eigenvalue weighted by Crippen LogP contribution is 2.19. The average molecular weight is 277 g/mol. The fourth-order valence-electron chi connectivity index (χ4n) is 2.10. The Morgan fingerprint density at radius 3 is 2.56 bits per heavy atom. The van der Waals surface area contributed by atoms with E-state index >= 15 is 0 Å². The molecule has 18 heavy (non-hydrogen) atoms. The molecule has 0 bridgehead atoms. The first kappa shape index (κ1) is 13.7. The highest BCUT2D eigenvalue weighted by molar-refractivity contribution is 7.80. The molecular formula is C15H19NS2. The van der Waals surface area contributed by atoms with E-state index in [2.05, 4.69) is 72.4 Å². The van der Waals surface area contributed by atoms with Gasteiger partial charge < -0.3 is 4.90 Å². The van der Waals surface area contributed by atoms with E-state index in [1.165, 1.54) is 10.4 Å². The first-order valence-corrected chi connectivity index (χ1v) is 7.67. The zero-order valence-electron chi connectivity index (χ0n) is 10.6. The van der Waals surface area contributed by atoms with Crippen LogP contribution < -0.4 is 0 Å². The standard InChI is InChI=1S/C15H19NS2/c1-16(11-15-8-5-9-18-15)10-14(12-17)13-6-3-2-4-7-13/h2-9,14,17H,10-12H2,1H3. The Morgan fingerprint density at radius 1 is 1.17 bits per heavy atom. The van der Waals surface area contributed by atoms with E-state index in [-0.39, 0.29) is 0 Å². The number of rotatable bonds is 6. The molecule has 1 nitrogen and oxygen atoms in total. The fraction of sp³-hybridized carbons (Fsp3) is 0.333. The van der Waals surface area contributed by atoms with Gasteiger partial charge in [-0.25, -0.2) is 0 Å². The summed E-state index contributed by atoms with van der Waals surface area (Å²) in [4.78, 5) is 3.79. The Bertz CT molecular complexity index is 439. The fourth-order valence-corrected chi connectivity index (χ4v) is 3.21. The first-order chi connectivity index (χ1) is 8.79. The van der Waals surface area contributed by atoms with Crippen molar-refractivity contribution in [1.29, 1.82) is 0 Å². The second-order valence-electron chi connectivity index (χ2n) is 4.57. The summed E-state index contributed by atoms with van der Waals surface area (Å²) in [6, 6.07) is 15.0. The number of nitrogens with zero attached hydrogens (tertiary/aromatic N) is 1. The van der Waals surface area contributed by atoms with Gasteiger partial charge in [-0.2, -0.15) is 12.6 Å². The van der Waals surface area contributed by atoms with Gasteiger partial charge in [-0.15, -0.1) is 11.3 Å². The number of hydrogen-bond donors (Lipinski definition) is 1. The van der Waals surface area contributed by atoms with Crippen molar-refractivity contribution in [2.45, 2.75) is 12.5 Å². The maximum atomic E-state index is 4.49. The molecule has 3 heteroatoms. The van der Waals surface area contributed by atoms with Crippen LogP contribution in [-0.4, -0.2) is 24.2 Å². The van der Waals surface area contributed by atoms with Crippen molar-refractivity contribution < 1.29 is 0 Å². The van der Waals surface area contributed by atoms with E-state index in [1.807, 2.05) is 11.3 Å². The lowest BCUT2D eigenvalue weighted by atomic mass is 10.0. The SMILES string of the molecule is CN(Cc1cccs1)CC(CS)c1ccccc1. The van der Waals surface area contributed by atoms with Crippen molar-refractivity contribution in [1.82, 2.24) is 4.90 Å². The van der Waals surface area contributed by atoms with E-state index in [1.54, 1.807) is 0 Å². The van der Waals surface area contributed by atoms with Crippen LogP contribution in [0.15, 0.2) is 47.8 Å². The third kappa shape index (κ3) is 3.87. The van der Waals surface area contributed by atoms with E-state index in [0.717, 1.165) is 18.8 Å². The molecule has 0 saturated carbocycles. The van der Waals surface area contributed by atoms with Crippen LogP contribution in [0.25, 0.3) is 0 Å². The van der Waals surface area contributed by atoms with Gasteiger partial charge in [0, 0.05) is 23.9 Å². The van der Waals surface area contributed by atoms with Gasteiger partial charge in [-0.3, -0.25) is 0 Å². The van der Waals surface area contributed by atoms with Crippen LogP contribution in [0.4, 0.5) is 0 Å². The van der Waals surface area contributed by atoms with E-state index < -0.39 is 0 Å². The van der Waals surface area contributed by atoms with Gasteiger partial charge >= 0.3 is 0 Å². The smallest absolute Gasteiger partial charge is 0.0325 e. The molecule has 0 radical (unpaired) electrons. The molecule has 0 aliphatic heterocycles. The van der Waals surface area contributed by atoms with Crippen LogP contribution in [0.1, 0.15) is 16.4 Å². The summed E-state index contributed by atoms with van der Waals surface area (Å²) < 4.78 is 0. The van der Waals surface area contributed by atoms with Gasteiger partial charge in [-0.1, -0.05) is 36.4 Å². The predicted octanol–water partition coefficient (Wildman–Crippen LogP) is 3.89. The molecule has 0 spiro atoms. The van der Waals surface area contributed by atoms with E-state index in [4.69, 9.17) is 0 Å². The quantitative estimate of drug-likeness (QED) is 0.784. The van der Waals surface area contributed by atoms with Crippen LogP contribution >= 0.6 is 24.0 Å². The van der Waals surface area contributed by atoms with Gasteiger partial charge in [0.2, 0.25) is 0 Å². The second-order valence-corrected chi connectivity index (χ2v) is 5.96. The maximum Gasteiger partial charge on any atom is 0.0325 e. The zero-order valence-corrected chi connectivity index (χ0v) is 12.3. The van der Waals surface area contributed by atoms with Crippen molar-refractivity contribution in [3.05, 3.63) is 58.3 Å². The summed E-state index contributed by atoms with van der Waals surface area (Å²) in [5.74, 6) is 1.39. The molecule has 1 atom stereocenters. The van der Waals surface area contributed by atoms with Crippen LogP contribution in [0.3, 0.4) is 0 Å². The first-order valence-electron chi connectivity index (χ1n) is 6.16. The monoisotopic (exact) mass is 277 g/mol. The van der Waals surface area contributed by atoms with Gasteiger partial charge in [0.05, 0.1) is 0 Å². The Hall–Kier alpha value is -0.770. The lowest BCUT2D eigenvalue weighted by Crippen LogP contribution is -2.24. The van der Waals surface area contributed by atoms with Crippen LogP contribution in [0.2, 0.25) is 0 Å². The van der Waals surface area contributed by atoms with E-state index in [0.29, 0.717) is 5.92 Å². The number of thiol groups is 1. The minimum absolute atomic E-state index is 0.500. The number of hydrogen-bond acceptors (Lipinski definition) is 3. The maximum absolute atomic E-state index is 4.49. The Balaban J connectivity index is 1.94. The number of likely N-dealkylation sites (N-methyl/N-ethyl adjacent to an activating group) is 1. The summed E-state index contributed by atoms with van der Waals surface area (Å²) in [5.41, 5.74) is 1.38. The van der Waals surface area contributed by atoms with Gasteiger partial charge in [0.25, 0.3) is 0 Å². The van der Waals surface area contributed by atoms with E-state index in [9.17, 15) is 0 Å². The molecule has 1 heterocycles. The molecule has 0 N–H and O–H groups in total. The summed E-state index contributed by atoms with van der Waals surface area (Å²) in [7, 11) is 2.18. The molecule has 0 aliphatic rings. The topological polar surface area (TPSA) is 3.24 Å². The van der Waals surface area contributed by atoms with Gasteiger partial charge in [0.15, 0.2) is 0 Å². The minimum Gasteiger partial charge on any atom is -0.301 e. The predicted molar refractivity (Wildman–Crippen MR) is 83.7 cm³/mol. The molecule has 2 aromatic rings. The minimum atomic E-state index is 0.500. The van der Waals surface area contributed by atoms with Crippen molar-refractivity contribution in [2.24, 2.45) is 0 Å². The lowest BCUT2D eigenvalue weighted by molar-refractivity contribution is 0.314. The number of benzene rings is 1. The third-order valence-corrected chi connectivity index (χ3v) is 4.33. The summed E-state index contributed by atoms with van der Waals surface area (Å²) in [5, 5.41) is 2.14. The highest BCUT2D eigenvalue weighted by Gasteiger charge is 2.12. The van der Waals surface area contributed by atoms with Gasteiger partial charge in [-0.05, 0) is 29.8 Å². The third-order valence-electron chi connectivity index (χ3n) is 3.03. The molecule has 96 valence electrons. The molecule has 0 saturated heterocycles. The van der Waals surface area contributed by atoms with Crippen molar-refractivity contribution in [2.75, 3.05) is 19.3 Å². The molecule has 1 aromatic heterocycles. The highest BCUT2D eigenvalue weighted by atomic mass is 32.1. The van der Waals surface area contributed by atoms with Crippen molar-refractivity contribution >= 4 is 24.0 Å². The molecule has 1 aromatic carbocycles. The molecule has 0 fully saturated rings. The van der Waals surface area contributed by atoms with Crippen LogP contribution in [0, 0.1) is 0 Å². The lowest BCUT2D eigenvalue weighted by Gasteiger charge is -2.22. The average Bonchev–Trinajstić information content (AvgIpc) is 2.90. The Morgan fingerprint density at radius 2 is 1.94 bits per heavy atom. The zero-order chi connectivity index (χ0) is 12.8. The largest absolute Gasteiger partial charge is 0.301 e. The van der Waals surface area contributed by atoms with Gasteiger partial charge in [0.1, 0.15) is 0 Å². The van der Waals surface area contributed by atoms with Crippen LogP contribution in [0.5, 0.6) is 0 Å². The summed E-state index contributed by atoms with van der Waals surface area (Å²) in [6.45, 7) is 2.07. The molecular weight excluding hydrogens is 258 g/mol. The number of thiophene rings is 1. The normalized spacial score (nSPS) is 12.8. The molecule has 2 rings (SSSR count).